The van der Waals surface area contributed by atoms with Gasteiger partial charge in [-0.3, -0.25) is 0 Å². The maximum Gasteiger partial charge on any atom is 0.0194 e. The molecular formula is C12H25NS. The van der Waals surface area contributed by atoms with Crippen LogP contribution in [0.5, 0.6) is 0 Å². The molecule has 1 aliphatic rings. The Morgan fingerprint density at radius 2 is 2.00 bits per heavy atom. The van der Waals surface area contributed by atoms with Crippen molar-refractivity contribution in [3.8, 4) is 0 Å². The minimum Gasteiger partial charge on any atom is -0.313 e. The lowest BCUT2D eigenvalue weighted by Crippen LogP contribution is -2.35. The fourth-order valence-corrected chi connectivity index (χ4v) is 3.58. The van der Waals surface area contributed by atoms with E-state index in [1.807, 2.05) is 0 Å². The largest absolute Gasteiger partial charge is 0.313 e. The first-order valence-electron chi connectivity index (χ1n) is 6.19. The van der Waals surface area contributed by atoms with E-state index in [1.54, 1.807) is 0 Å². The van der Waals surface area contributed by atoms with Gasteiger partial charge in [-0.1, -0.05) is 33.1 Å². The second-order valence-corrected chi connectivity index (χ2v) is 5.43. The lowest BCUT2D eigenvalue weighted by atomic mass is 9.96. The van der Waals surface area contributed by atoms with Crippen LogP contribution in [0.1, 0.15) is 46.0 Å². The van der Waals surface area contributed by atoms with Gasteiger partial charge in [0, 0.05) is 11.8 Å². The Balaban J connectivity index is 2.14. The standard InChI is InChI=1S/C12H25NS/c1-3-5-6-7-11-9-14-10-12(11)13-8-4-2/h11-13H,3-10H2,1-2H3. The third kappa shape index (κ3) is 4.22. The van der Waals surface area contributed by atoms with Crippen LogP contribution in [0.3, 0.4) is 0 Å². The van der Waals surface area contributed by atoms with Crippen LogP contribution < -0.4 is 5.32 Å². The molecule has 1 fully saturated rings. The first-order valence-corrected chi connectivity index (χ1v) is 7.35. The highest BCUT2D eigenvalue weighted by molar-refractivity contribution is 7.99. The Morgan fingerprint density at radius 3 is 2.71 bits per heavy atom. The van der Waals surface area contributed by atoms with E-state index >= 15 is 0 Å². The minimum absolute atomic E-state index is 0.816. The first kappa shape index (κ1) is 12.4. The summed E-state index contributed by atoms with van der Waals surface area (Å²) in [6.07, 6.45) is 6.92. The van der Waals surface area contributed by atoms with Gasteiger partial charge >= 0.3 is 0 Å². The van der Waals surface area contributed by atoms with Crippen molar-refractivity contribution >= 4 is 11.8 Å². The van der Waals surface area contributed by atoms with Crippen molar-refractivity contribution in [3.63, 3.8) is 0 Å². The number of hydrogen-bond donors (Lipinski definition) is 1. The van der Waals surface area contributed by atoms with Crippen molar-refractivity contribution in [2.45, 2.75) is 52.0 Å². The van der Waals surface area contributed by atoms with Crippen molar-refractivity contribution in [2.24, 2.45) is 5.92 Å². The third-order valence-corrected chi connectivity index (χ3v) is 4.29. The molecule has 0 aromatic heterocycles. The van der Waals surface area contributed by atoms with Gasteiger partial charge in [-0.25, -0.2) is 0 Å². The third-order valence-electron chi connectivity index (χ3n) is 3.03. The topological polar surface area (TPSA) is 12.0 Å². The van der Waals surface area contributed by atoms with Crippen LogP contribution in [0, 0.1) is 5.92 Å². The molecule has 0 aliphatic carbocycles. The minimum atomic E-state index is 0.816. The number of unbranched alkanes of at least 4 members (excludes halogenated alkanes) is 2. The fraction of sp³-hybridized carbons (Fsp3) is 1.00. The molecule has 0 spiro atoms. The number of rotatable bonds is 7. The molecule has 2 unspecified atom stereocenters. The molecule has 2 heteroatoms. The molecule has 1 rings (SSSR count). The van der Waals surface area contributed by atoms with Gasteiger partial charge in [0.05, 0.1) is 0 Å². The molecule has 0 radical (unpaired) electrons. The van der Waals surface area contributed by atoms with Gasteiger partial charge < -0.3 is 5.32 Å². The van der Waals surface area contributed by atoms with E-state index in [0.29, 0.717) is 0 Å². The molecule has 1 N–H and O–H groups in total. The number of nitrogens with one attached hydrogen (secondary N) is 1. The van der Waals surface area contributed by atoms with Crippen LogP contribution in [0.15, 0.2) is 0 Å². The average molecular weight is 215 g/mol. The summed E-state index contributed by atoms with van der Waals surface area (Å²) in [6, 6.07) is 0.816. The molecule has 1 saturated heterocycles. The predicted molar refractivity (Wildman–Crippen MR) is 67.0 cm³/mol. The Labute approximate surface area is 93.4 Å². The lowest BCUT2D eigenvalue weighted by Gasteiger charge is -2.19. The van der Waals surface area contributed by atoms with Crippen LogP contribution >= 0.6 is 11.8 Å². The number of hydrogen-bond acceptors (Lipinski definition) is 2. The summed E-state index contributed by atoms with van der Waals surface area (Å²) < 4.78 is 0. The van der Waals surface area contributed by atoms with Gasteiger partial charge in [0.1, 0.15) is 0 Å². The van der Waals surface area contributed by atoms with Crippen LogP contribution in [0.25, 0.3) is 0 Å². The first-order chi connectivity index (χ1) is 6.88. The molecule has 2 atom stereocenters. The molecular weight excluding hydrogens is 190 g/mol. The van der Waals surface area contributed by atoms with E-state index < -0.39 is 0 Å². The van der Waals surface area contributed by atoms with Crippen molar-refractivity contribution < 1.29 is 0 Å². The fourth-order valence-electron chi connectivity index (χ4n) is 2.09. The van der Waals surface area contributed by atoms with Crippen LogP contribution in [-0.2, 0) is 0 Å². The van der Waals surface area contributed by atoms with E-state index in [1.165, 1.54) is 50.2 Å². The zero-order valence-corrected chi connectivity index (χ0v) is 10.5. The van der Waals surface area contributed by atoms with E-state index in [9.17, 15) is 0 Å². The zero-order valence-electron chi connectivity index (χ0n) is 9.72. The summed E-state index contributed by atoms with van der Waals surface area (Å²) in [5.41, 5.74) is 0. The quantitative estimate of drug-likeness (QED) is 0.654. The van der Waals surface area contributed by atoms with Gasteiger partial charge in [-0.05, 0) is 31.1 Å². The molecule has 0 aromatic rings. The molecule has 1 nitrogen and oxygen atoms in total. The van der Waals surface area contributed by atoms with Gasteiger partial charge in [-0.2, -0.15) is 11.8 Å². The zero-order chi connectivity index (χ0) is 10.2. The summed E-state index contributed by atoms with van der Waals surface area (Å²) in [5, 5.41) is 3.69. The van der Waals surface area contributed by atoms with Crippen molar-refractivity contribution in [3.05, 3.63) is 0 Å². The normalized spacial score (nSPS) is 27.0. The Morgan fingerprint density at radius 1 is 1.14 bits per heavy atom. The van der Waals surface area contributed by atoms with Crippen molar-refractivity contribution in [1.82, 2.24) is 5.32 Å². The highest BCUT2D eigenvalue weighted by Gasteiger charge is 2.26. The van der Waals surface area contributed by atoms with Crippen molar-refractivity contribution in [2.75, 3.05) is 18.1 Å². The average Bonchev–Trinajstić information content (AvgIpc) is 2.63. The SMILES string of the molecule is CCCCCC1CSCC1NCCC. The van der Waals surface area contributed by atoms with Crippen LogP contribution in [0.2, 0.25) is 0 Å². The summed E-state index contributed by atoms with van der Waals surface area (Å²) in [7, 11) is 0. The van der Waals surface area contributed by atoms with Gasteiger partial charge in [0.25, 0.3) is 0 Å². The molecule has 84 valence electrons. The molecule has 14 heavy (non-hydrogen) atoms. The number of thioether (sulfide) groups is 1. The molecule has 1 aliphatic heterocycles. The second kappa shape index (κ2) is 7.58. The summed E-state index contributed by atoms with van der Waals surface area (Å²) in [4.78, 5) is 0. The molecule has 1 heterocycles. The molecule has 0 bridgehead atoms. The maximum atomic E-state index is 3.69. The molecule has 0 aromatic carbocycles. The molecule has 0 saturated carbocycles. The van der Waals surface area contributed by atoms with E-state index in [0.717, 1.165) is 12.0 Å². The Kier molecular flexibility index (Phi) is 6.70. The summed E-state index contributed by atoms with van der Waals surface area (Å²) in [6.45, 7) is 5.74. The van der Waals surface area contributed by atoms with Crippen molar-refractivity contribution in [1.29, 1.82) is 0 Å². The molecule has 0 amide bonds. The van der Waals surface area contributed by atoms with Gasteiger partial charge in [0.15, 0.2) is 0 Å². The van der Waals surface area contributed by atoms with E-state index in [4.69, 9.17) is 0 Å². The maximum absolute atomic E-state index is 3.69. The van der Waals surface area contributed by atoms with Gasteiger partial charge in [0.2, 0.25) is 0 Å². The lowest BCUT2D eigenvalue weighted by molar-refractivity contribution is 0.392. The second-order valence-electron chi connectivity index (χ2n) is 4.35. The van der Waals surface area contributed by atoms with E-state index in [-0.39, 0.29) is 0 Å². The van der Waals surface area contributed by atoms with Gasteiger partial charge in [-0.15, -0.1) is 0 Å². The highest BCUT2D eigenvalue weighted by Crippen LogP contribution is 2.28. The van der Waals surface area contributed by atoms with E-state index in [2.05, 4.69) is 30.9 Å². The summed E-state index contributed by atoms with van der Waals surface area (Å²) >= 11 is 2.14. The highest BCUT2D eigenvalue weighted by atomic mass is 32.2. The predicted octanol–water partition coefficient (Wildman–Crippen LogP) is 3.30. The summed E-state index contributed by atoms with van der Waals surface area (Å²) in [5.74, 6) is 3.69. The monoisotopic (exact) mass is 215 g/mol. The smallest absolute Gasteiger partial charge is 0.0194 e. The Bertz CT molecular complexity index is 138. The van der Waals surface area contributed by atoms with Crippen LogP contribution in [0.4, 0.5) is 0 Å². The van der Waals surface area contributed by atoms with Crippen LogP contribution in [-0.4, -0.2) is 24.1 Å². The Hall–Kier alpha value is 0.310.